The van der Waals surface area contributed by atoms with E-state index in [4.69, 9.17) is 30.5 Å². The summed E-state index contributed by atoms with van der Waals surface area (Å²) in [4.78, 5) is 26.2. The molecule has 0 fully saturated rings. The average Bonchev–Trinajstić information content (AvgIpc) is 2.93. The Morgan fingerprint density at radius 2 is 1.08 bits per heavy atom. The van der Waals surface area contributed by atoms with Crippen molar-refractivity contribution in [1.82, 2.24) is 0 Å². The highest BCUT2D eigenvalue weighted by atomic mass is 35.5. The molecule has 202 valence electrons. The lowest BCUT2D eigenvalue weighted by Crippen LogP contribution is -2.14. The number of carbonyl (C=O) groups is 2. The zero-order chi connectivity index (χ0) is 27.9. The number of ether oxygens (including phenoxy) is 4. The molecule has 39 heavy (non-hydrogen) atoms. The van der Waals surface area contributed by atoms with Gasteiger partial charge >= 0.3 is 11.9 Å². The maximum atomic E-state index is 13.4. The zero-order valence-corrected chi connectivity index (χ0v) is 22.0. The van der Waals surface area contributed by atoms with Crippen molar-refractivity contribution >= 4 is 34.3 Å². The van der Waals surface area contributed by atoms with Crippen molar-refractivity contribution in [3.63, 3.8) is 0 Å². The summed E-state index contributed by atoms with van der Waals surface area (Å²) in [5.74, 6) is -2.41. The van der Waals surface area contributed by atoms with Crippen LogP contribution >= 0.6 is 11.6 Å². The molecule has 0 saturated heterocycles. The van der Waals surface area contributed by atoms with E-state index >= 15 is 0 Å². The fourth-order valence-electron chi connectivity index (χ4n) is 3.70. The molecule has 0 atom stereocenters. The van der Waals surface area contributed by atoms with Gasteiger partial charge in [-0.3, -0.25) is 0 Å². The van der Waals surface area contributed by atoms with Gasteiger partial charge < -0.3 is 18.9 Å². The third-order valence-electron chi connectivity index (χ3n) is 5.54. The Labute approximate surface area is 229 Å². The Hall–Kier alpha value is -4.17. The van der Waals surface area contributed by atoms with Gasteiger partial charge in [-0.05, 0) is 79.6 Å². The summed E-state index contributed by atoms with van der Waals surface area (Å²) in [5, 5.41) is 0.989. The third kappa shape index (κ3) is 6.46. The fourth-order valence-corrected chi connectivity index (χ4v) is 3.87. The van der Waals surface area contributed by atoms with Gasteiger partial charge in [0.1, 0.15) is 11.6 Å². The molecule has 0 amide bonds. The Bertz CT molecular complexity index is 1490. The normalized spacial score (nSPS) is 10.8. The standard InChI is InChI=1S/C30H25ClF2O6/c1-3-15-36-27-25(38-29(34)18-5-10-21(32)11-6-18)23-14-9-20(31)17-24(23)26(28(27)37-16-4-2)39-30(35)19-7-12-22(33)13-8-19/h5-14,17H,3-4,15-16H2,1-2H3. The smallest absolute Gasteiger partial charge is 0.343 e. The lowest BCUT2D eigenvalue weighted by molar-refractivity contribution is 0.0711. The van der Waals surface area contributed by atoms with Crippen LogP contribution in [0.15, 0.2) is 66.7 Å². The number of carbonyl (C=O) groups excluding carboxylic acids is 2. The van der Waals surface area contributed by atoms with Gasteiger partial charge in [-0.15, -0.1) is 0 Å². The van der Waals surface area contributed by atoms with Gasteiger partial charge in [0, 0.05) is 15.8 Å². The molecule has 0 aliphatic carbocycles. The molecule has 9 heteroatoms. The summed E-state index contributed by atoms with van der Waals surface area (Å²) >= 11 is 6.31. The molecule has 0 heterocycles. The Morgan fingerprint density at radius 3 is 1.51 bits per heavy atom. The molecule has 0 spiro atoms. The molecule has 4 rings (SSSR count). The minimum Gasteiger partial charge on any atom is -0.486 e. The van der Waals surface area contributed by atoms with Crippen molar-refractivity contribution < 1.29 is 37.3 Å². The first kappa shape index (κ1) is 27.9. The van der Waals surface area contributed by atoms with E-state index in [1.165, 1.54) is 24.3 Å². The van der Waals surface area contributed by atoms with E-state index in [2.05, 4.69) is 0 Å². The van der Waals surface area contributed by atoms with Crippen molar-refractivity contribution in [2.75, 3.05) is 13.2 Å². The maximum absolute atomic E-state index is 13.4. The number of benzene rings is 4. The summed E-state index contributed by atoms with van der Waals surface area (Å²) in [6, 6.07) is 14.5. The lowest BCUT2D eigenvalue weighted by Gasteiger charge is -2.21. The van der Waals surface area contributed by atoms with Gasteiger partial charge in [0.2, 0.25) is 11.5 Å². The van der Waals surface area contributed by atoms with E-state index in [1.54, 1.807) is 18.2 Å². The van der Waals surface area contributed by atoms with Crippen LogP contribution < -0.4 is 18.9 Å². The van der Waals surface area contributed by atoms with Gasteiger partial charge in [-0.1, -0.05) is 25.4 Å². The topological polar surface area (TPSA) is 71.1 Å². The Kier molecular flexibility index (Phi) is 8.99. The van der Waals surface area contributed by atoms with Crippen LogP contribution in [0.4, 0.5) is 8.78 Å². The first-order valence-electron chi connectivity index (χ1n) is 12.3. The number of fused-ring (bicyclic) bond motifs is 1. The zero-order valence-electron chi connectivity index (χ0n) is 21.3. The maximum Gasteiger partial charge on any atom is 0.343 e. The summed E-state index contributed by atoms with van der Waals surface area (Å²) in [5.41, 5.74) is 0.221. The summed E-state index contributed by atoms with van der Waals surface area (Å²) < 4.78 is 50.5. The van der Waals surface area contributed by atoms with Gasteiger partial charge in [0.05, 0.1) is 24.3 Å². The Balaban J connectivity index is 1.92. The molecule has 0 radical (unpaired) electrons. The molecule has 6 nitrogen and oxygen atoms in total. The molecule has 0 aliphatic rings. The number of rotatable bonds is 10. The highest BCUT2D eigenvalue weighted by Gasteiger charge is 2.29. The van der Waals surface area contributed by atoms with Gasteiger partial charge in [0.15, 0.2) is 11.5 Å². The average molecular weight is 555 g/mol. The molecule has 4 aromatic rings. The SMILES string of the molecule is CCCOc1c(OCCC)c(OC(=O)c2ccc(F)cc2)c2cc(Cl)ccc2c1OC(=O)c1ccc(F)cc1. The van der Waals surface area contributed by atoms with E-state index in [0.717, 1.165) is 24.3 Å². The largest absolute Gasteiger partial charge is 0.486 e. The summed E-state index contributed by atoms with van der Waals surface area (Å²) in [6.07, 6.45) is 1.22. The molecular weight excluding hydrogens is 530 g/mol. The van der Waals surface area contributed by atoms with Gasteiger partial charge in [-0.25, -0.2) is 18.4 Å². The minimum absolute atomic E-state index is 0.00274. The van der Waals surface area contributed by atoms with E-state index in [9.17, 15) is 18.4 Å². The van der Waals surface area contributed by atoms with E-state index in [0.29, 0.717) is 28.6 Å². The van der Waals surface area contributed by atoms with Crippen molar-refractivity contribution in [2.45, 2.75) is 26.7 Å². The first-order valence-corrected chi connectivity index (χ1v) is 12.7. The Morgan fingerprint density at radius 1 is 0.641 bits per heavy atom. The van der Waals surface area contributed by atoms with Crippen LogP contribution in [0.2, 0.25) is 5.02 Å². The molecule has 0 aliphatic heterocycles. The highest BCUT2D eigenvalue weighted by molar-refractivity contribution is 6.31. The van der Waals surface area contributed by atoms with Crippen LogP contribution in [-0.4, -0.2) is 25.2 Å². The number of esters is 2. The minimum atomic E-state index is -0.768. The van der Waals surface area contributed by atoms with Crippen molar-refractivity contribution in [2.24, 2.45) is 0 Å². The van der Waals surface area contributed by atoms with E-state index in [1.807, 2.05) is 13.8 Å². The van der Waals surface area contributed by atoms with Crippen LogP contribution in [-0.2, 0) is 0 Å². The highest BCUT2D eigenvalue weighted by Crippen LogP contribution is 2.52. The molecule has 0 bridgehead atoms. The van der Waals surface area contributed by atoms with Gasteiger partial charge in [-0.2, -0.15) is 0 Å². The molecule has 0 aromatic heterocycles. The van der Waals surface area contributed by atoms with E-state index in [-0.39, 0.29) is 47.3 Å². The van der Waals surface area contributed by atoms with Crippen molar-refractivity contribution in [3.8, 4) is 23.0 Å². The van der Waals surface area contributed by atoms with Crippen LogP contribution in [0.25, 0.3) is 10.8 Å². The number of hydrogen-bond donors (Lipinski definition) is 0. The van der Waals surface area contributed by atoms with Crippen LogP contribution in [0.1, 0.15) is 47.4 Å². The molecule has 0 saturated carbocycles. The first-order chi connectivity index (χ1) is 18.8. The summed E-state index contributed by atoms with van der Waals surface area (Å²) in [6.45, 7) is 4.24. The predicted molar refractivity (Wildman–Crippen MR) is 143 cm³/mol. The lowest BCUT2D eigenvalue weighted by atomic mass is 10.1. The number of hydrogen-bond acceptors (Lipinski definition) is 6. The summed E-state index contributed by atoms with van der Waals surface area (Å²) in [7, 11) is 0. The van der Waals surface area contributed by atoms with Crippen molar-refractivity contribution in [1.29, 1.82) is 0 Å². The van der Waals surface area contributed by atoms with E-state index < -0.39 is 23.6 Å². The fraction of sp³-hybridized carbons (Fsp3) is 0.200. The third-order valence-corrected chi connectivity index (χ3v) is 5.78. The van der Waals surface area contributed by atoms with Gasteiger partial charge in [0.25, 0.3) is 0 Å². The van der Waals surface area contributed by atoms with Crippen LogP contribution in [0.5, 0.6) is 23.0 Å². The van der Waals surface area contributed by atoms with Crippen molar-refractivity contribution in [3.05, 3.63) is 94.5 Å². The second kappa shape index (κ2) is 12.6. The molecule has 0 unspecified atom stereocenters. The number of halogens is 3. The molecule has 4 aromatic carbocycles. The second-order valence-corrected chi connectivity index (χ2v) is 8.93. The van der Waals surface area contributed by atoms with Crippen LogP contribution in [0.3, 0.4) is 0 Å². The quantitative estimate of drug-likeness (QED) is 0.147. The monoisotopic (exact) mass is 554 g/mol. The predicted octanol–water partition coefficient (Wildman–Crippen LogP) is 7.79. The molecule has 0 N–H and O–H groups in total. The van der Waals surface area contributed by atoms with Crippen LogP contribution in [0, 0.1) is 11.6 Å². The molecular formula is C30H25ClF2O6. The second-order valence-electron chi connectivity index (χ2n) is 8.50.